The van der Waals surface area contributed by atoms with Gasteiger partial charge in [0, 0.05) is 6.54 Å². The largest absolute Gasteiger partial charge is 0.493 e. The molecule has 1 aliphatic rings. The van der Waals surface area contributed by atoms with Gasteiger partial charge in [-0.15, -0.1) is 0 Å². The first-order valence-corrected chi connectivity index (χ1v) is 7.99. The topological polar surface area (TPSA) is 76.1 Å². The van der Waals surface area contributed by atoms with E-state index >= 15 is 0 Å². The molecule has 0 aliphatic carbocycles. The van der Waals surface area contributed by atoms with Gasteiger partial charge in [-0.05, 0) is 49.9 Å². The fraction of sp³-hybridized carbons (Fsp3) is 0.529. The highest BCUT2D eigenvalue weighted by Crippen LogP contribution is 2.36. The van der Waals surface area contributed by atoms with Crippen molar-refractivity contribution < 1.29 is 24.2 Å². The molecular weight excluding hydrogens is 298 g/mol. The molecule has 0 fully saturated rings. The Kier molecular flexibility index (Phi) is 5.47. The lowest BCUT2D eigenvalue weighted by atomic mass is 9.89. The van der Waals surface area contributed by atoms with Crippen LogP contribution in [0.25, 0.3) is 0 Å². The first kappa shape index (κ1) is 17.1. The predicted molar refractivity (Wildman–Crippen MR) is 85.0 cm³/mol. The SMILES string of the molecule is CCOC(=O)N1CCc2cc(C(=O)O)c(OCC)cc2C1CC. The minimum absolute atomic E-state index is 0.125. The van der Waals surface area contributed by atoms with E-state index in [2.05, 4.69) is 0 Å². The fourth-order valence-electron chi connectivity index (χ4n) is 3.04. The maximum Gasteiger partial charge on any atom is 0.410 e. The van der Waals surface area contributed by atoms with Crippen LogP contribution in [0.3, 0.4) is 0 Å². The Morgan fingerprint density at radius 3 is 2.57 bits per heavy atom. The van der Waals surface area contributed by atoms with Crippen molar-refractivity contribution in [2.45, 2.75) is 39.7 Å². The number of benzene rings is 1. The molecule has 0 radical (unpaired) electrons. The van der Waals surface area contributed by atoms with E-state index in [-0.39, 0.29) is 17.7 Å². The average molecular weight is 321 g/mol. The average Bonchev–Trinajstić information content (AvgIpc) is 2.53. The Labute approximate surface area is 136 Å². The van der Waals surface area contributed by atoms with E-state index in [4.69, 9.17) is 9.47 Å². The van der Waals surface area contributed by atoms with Crippen LogP contribution in [0.15, 0.2) is 12.1 Å². The molecule has 6 heteroatoms. The molecule has 6 nitrogen and oxygen atoms in total. The molecular formula is C17H23NO5. The van der Waals surface area contributed by atoms with Crippen molar-refractivity contribution in [1.82, 2.24) is 4.90 Å². The molecule has 1 heterocycles. The second kappa shape index (κ2) is 7.35. The van der Waals surface area contributed by atoms with Crippen molar-refractivity contribution in [1.29, 1.82) is 0 Å². The van der Waals surface area contributed by atoms with E-state index in [1.165, 1.54) is 0 Å². The second-order valence-corrected chi connectivity index (χ2v) is 5.35. The second-order valence-electron chi connectivity index (χ2n) is 5.35. The van der Waals surface area contributed by atoms with Gasteiger partial charge in [-0.25, -0.2) is 9.59 Å². The molecule has 0 aromatic heterocycles. The van der Waals surface area contributed by atoms with E-state index in [0.29, 0.717) is 31.9 Å². The summed E-state index contributed by atoms with van der Waals surface area (Å²) in [6.45, 7) is 6.84. The van der Waals surface area contributed by atoms with Crippen molar-refractivity contribution in [3.05, 3.63) is 28.8 Å². The zero-order chi connectivity index (χ0) is 17.0. The number of amides is 1. The number of fused-ring (bicyclic) bond motifs is 1. The van der Waals surface area contributed by atoms with Crippen LogP contribution in [0.2, 0.25) is 0 Å². The van der Waals surface area contributed by atoms with Crippen molar-refractivity contribution in [2.24, 2.45) is 0 Å². The molecule has 1 aromatic rings. The van der Waals surface area contributed by atoms with Crippen LogP contribution in [0.4, 0.5) is 4.79 Å². The Bertz CT molecular complexity index is 599. The van der Waals surface area contributed by atoms with Gasteiger partial charge in [-0.2, -0.15) is 0 Å². The zero-order valence-corrected chi connectivity index (χ0v) is 13.8. The van der Waals surface area contributed by atoms with Gasteiger partial charge in [0.05, 0.1) is 19.3 Å². The molecule has 1 amide bonds. The summed E-state index contributed by atoms with van der Waals surface area (Å²) in [5.74, 6) is -0.653. The fourth-order valence-corrected chi connectivity index (χ4v) is 3.04. The standard InChI is InChI=1S/C17H23NO5/c1-4-14-12-10-15(22-5-2)13(16(19)20)9-11(12)7-8-18(14)17(21)23-6-3/h9-10,14H,4-8H2,1-3H3,(H,19,20). The van der Waals surface area contributed by atoms with E-state index in [1.807, 2.05) is 13.8 Å². The molecule has 126 valence electrons. The van der Waals surface area contributed by atoms with Gasteiger partial charge in [0.1, 0.15) is 11.3 Å². The van der Waals surface area contributed by atoms with Gasteiger partial charge in [0.15, 0.2) is 0 Å². The Balaban J connectivity index is 2.45. The number of nitrogens with zero attached hydrogens (tertiary/aromatic N) is 1. The highest BCUT2D eigenvalue weighted by atomic mass is 16.6. The van der Waals surface area contributed by atoms with Crippen molar-refractivity contribution in [3.63, 3.8) is 0 Å². The number of rotatable bonds is 5. The number of hydrogen-bond donors (Lipinski definition) is 1. The summed E-state index contributed by atoms with van der Waals surface area (Å²) in [7, 11) is 0. The van der Waals surface area contributed by atoms with Crippen molar-refractivity contribution in [3.8, 4) is 5.75 Å². The number of carboxylic acids is 1. The first-order valence-electron chi connectivity index (χ1n) is 7.99. The summed E-state index contributed by atoms with van der Waals surface area (Å²) in [5, 5.41) is 9.36. The van der Waals surface area contributed by atoms with Crippen LogP contribution < -0.4 is 4.74 Å². The predicted octanol–water partition coefficient (Wildman–Crippen LogP) is 3.25. The molecule has 1 unspecified atom stereocenters. The Morgan fingerprint density at radius 2 is 2.00 bits per heavy atom. The number of carbonyl (C=O) groups excluding carboxylic acids is 1. The molecule has 1 atom stereocenters. The molecule has 23 heavy (non-hydrogen) atoms. The van der Waals surface area contributed by atoms with Crippen LogP contribution in [0.5, 0.6) is 5.75 Å². The first-order chi connectivity index (χ1) is 11.0. The number of carbonyl (C=O) groups is 2. The van der Waals surface area contributed by atoms with Crippen LogP contribution in [-0.4, -0.2) is 41.8 Å². The Morgan fingerprint density at radius 1 is 1.26 bits per heavy atom. The van der Waals surface area contributed by atoms with E-state index in [0.717, 1.165) is 17.5 Å². The minimum atomic E-state index is -1.00. The molecule has 1 aliphatic heterocycles. The lowest BCUT2D eigenvalue weighted by molar-refractivity contribution is 0.0689. The summed E-state index contributed by atoms with van der Waals surface area (Å²) >= 11 is 0. The molecule has 1 N–H and O–H groups in total. The summed E-state index contributed by atoms with van der Waals surface area (Å²) < 4.78 is 10.6. The maximum atomic E-state index is 12.1. The summed E-state index contributed by atoms with van der Waals surface area (Å²) in [4.78, 5) is 25.3. The molecule has 0 saturated carbocycles. The number of carboxylic acid groups (broad SMARTS) is 1. The molecule has 1 aromatic carbocycles. The number of aromatic carboxylic acids is 1. The van der Waals surface area contributed by atoms with Gasteiger partial charge in [-0.1, -0.05) is 6.92 Å². The monoisotopic (exact) mass is 321 g/mol. The van der Waals surface area contributed by atoms with E-state index in [9.17, 15) is 14.7 Å². The third kappa shape index (κ3) is 3.41. The molecule has 0 bridgehead atoms. The Hall–Kier alpha value is -2.24. The van der Waals surface area contributed by atoms with Gasteiger partial charge < -0.3 is 19.5 Å². The third-order valence-electron chi connectivity index (χ3n) is 4.02. The molecule has 2 rings (SSSR count). The maximum absolute atomic E-state index is 12.1. The van der Waals surface area contributed by atoms with Crippen molar-refractivity contribution in [2.75, 3.05) is 19.8 Å². The molecule has 0 spiro atoms. The van der Waals surface area contributed by atoms with E-state index < -0.39 is 5.97 Å². The van der Waals surface area contributed by atoms with Crippen LogP contribution in [0.1, 0.15) is 54.7 Å². The third-order valence-corrected chi connectivity index (χ3v) is 4.02. The van der Waals surface area contributed by atoms with Gasteiger partial charge in [0.25, 0.3) is 0 Å². The number of hydrogen-bond acceptors (Lipinski definition) is 4. The van der Waals surface area contributed by atoms with Crippen LogP contribution >= 0.6 is 0 Å². The molecule has 0 saturated heterocycles. The van der Waals surface area contributed by atoms with Crippen LogP contribution in [0, 0.1) is 0 Å². The normalized spacial score (nSPS) is 16.7. The highest BCUT2D eigenvalue weighted by molar-refractivity contribution is 5.91. The smallest absolute Gasteiger partial charge is 0.410 e. The zero-order valence-electron chi connectivity index (χ0n) is 13.8. The van der Waals surface area contributed by atoms with Gasteiger partial charge in [-0.3, -0.25) is 0 Å². The number of ether oxygens (including phenoxy) is 2. The quantitative estimate of drug-likeness (QED) is 0.901. The minimum Gasteiger partial charge on any atom is -0.493 e. The van der Waals surface area contributed by atoms with Gasteiger partial charge >= 0.3 is 12.1 Å². The lowest BCUT2D eigenvalue weighted by Gasteiger charge is -2.36. The highest BCUT2D eigenvalue weighted by Gasteiger charge is 2.32. The summed E-state index contributed by atoms with van der Waals surface area (Å²) in [6, 6.07) is 3.31. The summed E-state index contributed by atoms with van der Waals surface area (Å²) in [6.07, 6.45) is 1.01. The van der Waals surface area contributed by atoms with Crippen LogP contribution in [-0.2, 0) is 11.2 Å². The van der Waals surface area contributed by atoms with Gasteiger partial charge in [0.2, 0.25) is 0 Å². The van der Waals surface area contributed by atoms with Crippen molar-refractivity contribution >= 4 is 12.1 Å². The summed E-state index contributed by atoms with van der Waals surface area (Å²) in [5.41, 5.74) is 2.07. The lowest BCUT2D eigenvalue weighted by Crippen LogP contribution is -2.40. The van der Waals surface area contributed by atoms with E-state index in [1.54, 1.807) is 24.0 Å².